The molecule has 0 radical (unpaired) electrons. The van der Waals surface area contributed by atoms with E-state index in [1.807, 2.05) is 19.2 Å². The molecule has 0 aromatic heterocycles. The molecule has 0 saturated carbocycles. The Morgan fingerprint density at radius 2 is 2.04 bits per heavy atom. The quantitative estimate of drug-likeness (QED) is 0.861. The van der Waals surface area contributed by atoms with Crippen molar-refractivity contribution in [2.45, 2.75) is 37.9 Å². The van der Waals surface area contributed by atoms with E-state index in [0.717, 1.165) is 31.4 Å². The van der Waals surface area contributed by atoms with Gasteiger partial charge in [0.05, 0.1) is 13.0 Å². The monoisotopic (exact) mass is 380 g/mol. The van der Waals surface area contributed by atoms with E-state index in [2.05, 4.69) is 29.2 Å². The molecule has 2 saturated heterocycles. The molecule has 1 amide bonds. The van der Waals surface area contributed by atoms with Gasteiger partial charge in [0.2, 0.25) is 5.91 Å². The molecule has 2 heterocycles. The van der Waals surface area contributed by atoms with Crippen LogP contribution in [0.15, 0.2) is 48.5 Å². The van der Waals surface area contributed by atoms with Crippen molar-refractivity contribution in [1.29, 1.82) is 0 Å². The van der Waals surface area contributed by atoms with E-state index >= 15 is 0 Å². The van der Waals surface area contributed by atoms with Crippen molar-refractivity contribution in [3.8, 4) is 11.5 Å². The number of hydrogen-bond acceptors (Lipinski definition) is 4. The maximum Gasteiger partial charge on any atom is 0.227 e. The molecular formula is C23H28N2O3. The Hall–Kier alpha value is -2.53. The van der Waals surface area contributed by atoms with Gasteiger partial charge < -0.3 is 14.7 Å². The van der Waals surface area contributed by atoms with Crippen molar-refractivity contribution in [3.05, 3.63) is 59.7 Å². The van der Waals surface area contributed by atoms with Crippen LogP contribution in [0.4, 0.5) is 0 Å². The largest absolute Gasteiger partial charge is 0.504 e. The van der Waals surface area contributed by atoms with Crippen molar-refractivity contribution in [2.75, 3.05) is 20.7 Å². The first kappa shape index (κ1) is 18.8. The second-order valence-corrected chi connectivity index (χ2v) is 7.92. The van der Waals surface area contributed by atoms with Gasteiger partial charge in [0.15, 0.2) is 11.5 Å². The zero-order chi connectivity index (χ0) is 19.7. The van der Waals surface area contributed by atoms with Crippen molar-refractivity contribution < 1.29 is 14.6 Å². The third kappa shape index (κ3) is 3.47. The van der Waals surface area contributed by atoms with Crippen LogP contribution in [-0.4, -0.2) is 47.6 Å². The van der Waals surface area contributed by atoms with Crippen molar-refractivity contribution >= 4 is 5.91 Å². The molecule has 0 aliphatic carbocycles. The van der Waals surface area contributed by atoms with Crippen LogP contribution in [0, 0.1) is 5.92 Å². The first-order valence-electron chi connectivity index (χ1n) is 10.00. The molecule has 2 aromatic carbocycles. The number of nitrogens with zero attached hydrogens (tertiary/aromatic N) is 2. The minimum atomic E-state index is 0.0320. The Kier molecular flexibility index (Phi) is 5.27. The Labute approximate surface area is 166 Å². The molecule has 2 aromatic rings. The summed E-state index contributed by atoms with van der Waals surface area (Å²) in [5.41, 5.74) is 2.21. The smallest absolute Gasteiger partial charge is 0.227 e. The number of phenolic OH excluding ortho intramolecular Hbond substituents is 1. The predicted molar refractivity (Wildman–Crippen MR) is 108 cm³/mol. The summed E-state index contributed by atoms with van der Waals surface area (Å²) < 4.78 is 5.10. The summed E-state index contributed by atoms with van der Waals surface area (Å²) in [6.07, 6.45) is 3.14. The highest BCUT2D eigenvalue weighted by Crippen LogP contribution is 2.45. The number of hydrogen-bond donors (Lipinski definition) is 1. The van der Waals surface area contributed by atoms with E-state index < -0.39 is 0 Å². The molecule has 0 spiro atoms. The fourth-order valence-electron chi connectivity index (χ4n) is 4.90. The van der Waals surface area contributed by atoms with E-state index in [4.69, 9.17) is 4.74 Å². The number of phenols is 1. The van der Waals surface area contributed by atoms with Crippen LogP contribution in [0.3, 0.4) is 0 Å². The summed E-state index contributed by atoms with van der Waals surface area (Å²) in [7, 11) is 3.39. The van der Waals surface area contributed by atoms with Crippen LogP contribution in [0.25, 0.3) is 0 Å². The van der Waals surface area contributed by atoms with Gasteiger partial charge in [-0.3, -0.25) is 9.69 Å². The van der Waals surface area contributed by atoms with E-state index in [0.29, 0.717) is 24.4 Å². The molecule has 0 bridgehead atoms. The van der Waals surface area contributed by atoms with E-state index in [1.165, 1.54) is 12.7 Å². The normalized spacial score (nSPS) is 24.1. The van der Waals surface area contributed by atoms with Gasteiger partial charge in [0, 0.05) is 25.7 Å². The van der Waals surface area contributed by atoms with Crippen molar-refractivity contribution in [1.82, 2.24) is 9.80 Å². The summed E-state index contributed by atoms with van der Waals surface area (Å²) in [4.78, 5) is 17.6. The average molecular weight is 380 g/mol. The lowest BCUT2D eigenvalue weighted by atomic mass is 9.93. The third-order valence-electron chi connectivity index (χ3n) is 6.22. The molecule has 2 aliphatic rings. The van der Waals surface area contributed by atoms with Crippen molar-refractivity contribution in [2.24, 2.45) is 5.92 Å². The first-order chi connectivity index (χ1) is 13.6. The molecule has 5 heteroatoms. The predicted octanol–water partition coefficient (Wildman–Crippen LogP) is 3.58. The molecule has 28 heavy (non-hydrogen) atoms. The second-order valence-electron chi connectivity index (χ2n) is 7.92. The van der Waals surface area contributed by atoms with Crippen molar-refractivity contribution in [3.63, 3.8) is 0 Å². The topological polar surface area (TPSA) is 53.0 Å². The Morgan fingerprint density at radius 3 is 2.75 bits per heavy atom. The van der Waals surface area contributed by atoms with Gasteiger partial charge in [0.1, 0.15) is 0 Å². The highest BCUT2D eigenvalue weighted by Gasteiger charge is 2.47. The van der Waals surface area contributed by atoms with Crippen LogP contribution >= 0.6 is 0 Å². The van der Waals surface area contributed by atoms with Gasteiger partial charge in [-0.2, -0.15) is 0 Å². The number of benzene rings is 2. The fourth-order valence-corrected chi connectivity index (χ4v) is 4.90. The fraction of sp³-hybridized carbons (Fsp3) is 0.435. The Balaban J connectivity index is 1.48. The van der Waals surface area contributed by atoms with E-state index in [1.54, 1.807) is 17.0 Å². The van der Waals surface area contributed by atoms with Gasteiger partial charge in [0.25, 0.3) is 0 Å². The summed E-state index contributed by atoms with van der Waals surface area (Å²) >= 11 is 0. The maximum atomic E-state index is 13.3. The Morgan fingerprint density at radius 1 is 1.25 bits per heavy atom. The van der Waals surface area contributed by atoms with Crippen LogP contribution < -0.4 is 4.74 Å². The molecular weight excluding hydrogens is 352 g/mol. The number of carbonyl (C=O) groups excluding carboxylic acids is 1. The van der Waals surface area contributed by atoms with Gasteiger partial charge in [-0.1, -0.05) is 36.4 Å². The van der Waals surface area contributed by atoms with Crippen LogP contribution in [0.5, 0.6) is 11.5 Å². The first-order valence-corrected chi connectivity index (χ1v) is 10.00. The standard InChI is InChI=1S/C23H28N2O3/c1-24(15-16-10-11-22(28-2)21(26)13-16)23(27)18-14-20(17-7-4-3-5-8-17)25-12-6-9-19(18)25/h3-5,7-8,10-11,13,18-20,26H,6,9,12,14-15H2,1-2H3/t18-,19+,20-/m0/s1. The summed E-state index contributed by atoms with van der Waals surface area (Å²) in [5.74, 6) is 0.781. The molecule has 148 valence electrons. The van der Waals surface area contributed by atoms with Crippen LogP contribution in [0.2, 0.25) is 0 Å². The van der Waals surface area contributed by atoms with Crippen LogP contribution in [-0.2, 0) is 11.3 Å². The van der Waals surface area contributed by atoms with Crippen LogP contribution in [0.1, 0.15) is 36.4 Å². The number of carbonyl (C=O) groups is 1. The average Bonchev–Trinajstić information content (AvgIpc) is 3.31. The lowest BCUT2D eigenvalue weighted by Crippen LogP contribution is -2.38. The highest BCUT2D eigenvalue weighted by molar-refractivity contribution is 5.80. The lowest BCUT2D eigenvalue weighted by molar-refractivity contribution is -0.135. The molecule has 0 unspecified atom stereocenters. The number of fused-ring (bicyclic) bond motifs is 1. The number of methoxy groups -OCH3 is 1. The number of aromatic hydroxyl groups is 1. The second kappa shape index (κ2) is 7.84. The zero-order valence-electron chi connectivity index (χ0n) is 16.5. The van der Waals surface area contributed by atoms with Gasteiger partial charge in [-0.15, -0.1) is 0 Å². The third-order valence-corrected chi connectivity index (χ3v) is 6.22. The summed E-state index contributed by atoms with van der Waals surface area (Å²) in [6, 6.07) is 16.5. The zero-order valence-corrected chi connectivity index (χ0v) is 16.5. The summed E-state index contributed by atoms with van der Waals surface area (Å²) in [5, 5.41) is 10.0. The summed E-state index contributed by atoms with van der Waals surface area (Å²) in [6.45, 7) is 1.56. The van der Waals surface area contributed by atoms with E-state index in [9.17, 15) is 9.90 Å². The minimum Gasteiger partial charge on any atom is -0.504 e. The number of ether oxygens (including phenoxy) is 1. The number of rotatable bonds is 5. The van der Waals surface area contributed by atoms with Gasteiger partial charge in [-0.05, 0) is 49.1 Å². The molecule has 1 N–H and O–H groups in total. The molecule has 5 nitrogen and oxygen atoms in total. The molecule has 4 rings (SSSR count). The van der Waals surface area contributed by atoms with E-state index in [-0.39, 0.29) is 17.6 Å². The molecule has 2 aliphatic heterocycles. The highest BCUT2D eigenvalue weighted by atomic mass is 16.5. The molecule has 3 atom stereocenters. The SMILES string of the molecule is COc1ccc(CN(C)C(=O)[C@H]2C[C@@H](c3ccccc3)N3CCC[C@H]23)cc1O. The maximum absolute atomic E-state index is 13.3. The minimum absolute atomic E-state index is 0.0320. The lowest BCUT2D eigenvalue weighted by Gasteiger charge is -2.26. The van der Waals surface area contributed by atoms with Gasteiger partial charge in [-0.25, -0.2) is 0 Å². The van der Waals surface area contributed by atoms with Gasteiger partial charge >= 0.3 is 0 Å². The number of amides is 1. The Bertz CT molecular complexity index is 839. The molecule has 2 fully saturated rings.